The highest BCUT2D eigenvalue weighted by Gasteiger charge is 2.25. The molecule has 19 heavy (non-hydrogen) atoms. The Morgan fingerprint density at radius 2 is 2.16 bits per heavy atom. The number of carbonyl (C=O) groups is 1. The Balaban J connectivity index is 2.93. The smallest absolute Gasteiger partial charge is 0.270 e. The van der Waals surface area contributed by atoms with Crippen molar-refractivity contribution in [3.05, 3.63) is 23.0 Å². The molecule has 1 aromatic rings. The molecule has 0 atom stereocenters. The molecule has 0 aliphatic rings. The summed E-state index contributed by atoms with van der Waals surface area (Å²) >= 11 is 5.94. The number of rotatable bonds is 6. The average Bonchev–Trinajstić information content (AvgIpc) is 2.67. The Morgan fingerprint density at radius 1 is 1.53 bits per heavy atom. The van der Waals surface area contributed by atoms with Crippen LogP contribution in [0.4, 0.5) is 0 Å². The first kappa shape index (κ1) is 16.1. The lowest BCUT2D eigenvalue weighted by Gasteiger charge is -2.31. The highest BCUT2D eigenvalue weighted by Crippen LogP contribution is 2.19. The van der Waals surface area contributed by atoms with E-state index in [4.69, 9.17) is 17.3 Å². The Hall–Kier alpha value is -1.00. The van der Waals surface area contributed by atoms with Gasteiger partial charge in [0, 0.05) is 26.3 Å². The van der Waals surface area contributed by atoms with Crippen LogP contribution in [0.5, 0.6) is 0 Å². The molecule has 1 rings (SSSR count). The summed E-state index contributed by atoms with van der Waals surface area (Å²) in [5.74, 6) is 0.0118. The summed E-state index contributed by atoms with van der Waals surface area (Å²) in [4.78, 5) is 14.4. The van der Waals surface area contributed by atoms with Crippen LogP contribution in [0, 0.1) is 5.41 Å². The predicted octanol–water partition coefficient (Wildman–Crippen LogP) is 2.52. The third kappa shape index (κ3) is 4.25. The van der Waals surface area contributed by atoms with Gasteiger partial charge in [0.25, 0.3) is 5.91 Å². The minimum atomic E-state index is -0.0835. The predicted molar refractivity (Wildman–Crippen MR) is 79.5 cm³/mol. The molecule has 1 amide bonds. The number of amides is 1. The van der Waals surface area contributed by atoms with Gasteiger partial charge in [0.05, 0.1) is 5.02 Å². The fraction of sp³-hybridized carbons (Fsp3) is 0.643. The largest absolute Gasteiger partial charge is 0.345 e. The summed E-state index contributed by atoms with van der Waals surface area (Å²) in [6.07, 6.45) is 2.66. The quantitative estimate of drug-likeness (QED) is 0.873. The van der Waals surface area contributed by atoms with Gasteiger partial charge in [0.2, 0.25) is 0 Å². The minimum Gasteiger partial charge on any atom is -0.345 e. The van der Waals surface area contributed by atoms with Crippen molar-refractivity contribution in [2.24, 2.45) is 18.2 Å². The van der Waals surface area contributed by atoms with Crippen molar-refractivity contribution in [1.82, 2.24) is 9.47 Å². The molecule has 0 saturated carbocycles. The molecule has 0 aliphatic heterocycles. The summed E-state index contributed by atoms with van der Waals surface area (Å²) in [6.45, 7) is 8.13. The van der Waals surface area contributed by atoms with E-state index in [1.54, 1.807) is 16.8 Å². The number of nitrogens with zero attached hydrogens (tertiary/aromatic N) is 2. The number of nitrogens with two attached hydrogens (primary N) is 1. The van der Waals surface area contributed by atoms with Crippen LogP contribution in [0.15, 0.2) is 12.3 Å². The topological polar surface area (TPSA) is 51.3 Å². The zero-order chi connectivity index (χ0) is 14.6. The summed E-state index contributed by atoms with van der Waals surface area (Å²) in [5.41, 5.74) is 6.29. The van der Waals surface area contributed by atoms with Crippen LogP contribution in [0.25, 0.3) is 0 Å². The number of halogens is 1. The van der Waals surface area contributed by atoms with Gasteiger partial charge in [0.1, 0.15) is 5.69 Å². The summed E-state index contributed by atoms with van der Waals surface area (Å²) in [5, 5.41) is 0.584. The fourth-order valence-electron chi connectivity index (χ4n) is 2.00. The Kier molecular flexibility index (Phi) is 5.44. The van der Waals surface area contributed by atoms with Crippen LogP contribution in [-0.2, 0) is 7.05 Å². The molecule has 1 heterocycles. The van der Waals surface area contributed by atoms with Crippen molar-refractivity contribution in [3.63, 3.8) is 0 Å². The molecule has 0 bridgehead atoms. The molecular weight excluding hydrogens is 262 g/mol. The number of carbonyl (C=O) groups excluding carboxylic acids is 1. The summed E-state index contributed by atoms with van der Waals surface area (Å²) in [6, 6.07) is 1.71. The van der Waals surface area contributed by atoms with Gasteiger partial charge in [-0.1, -0.05) is 32.4 Å². The van der Waals surface area contributed by atoms with Crippen molar-refractivity contribution in [1.29, 1.82) is 0 Å². The van der Waals surface area contributed by atoms with E-state index >= 15 is 0 Å². The minimum absolute atomic E-state index is 0.0118. The maximum absolute atomic E-state index is 12.6. The van der Waals surface area contributed by atoms with Crippen LogP contribution in [-0.4, -0.2) is 35.0 Å². The Morgan fingerprint density at radius 3 is 2.58 bits per heavy atom. The van der Waals surface area contributed by atoms with E-state index in [1.807, 2.05) is 11.9 Å². The Bertz CT molecular complexity index is 440. The fourth-order valence-corrected chi connectivity index (χ4v) is 2.25. The first-order chi connectivity index (χ1) is 8.80. The van der Waals surface area contributed by atoms with Gasteiger partial charge < -0.3 is 15.2 Å². The van der Waals surface area contributed by atoms with Crippen molar-refractivity contribution in [2.75, 3.05) is 19.6 Å². The van der Waals surface area contributed by atoms with Gasteiger partial charge >= 0.3 is 0 Å². The number of hydrogen-bond acceptors (Lipinski definition) is 2. The van der Waals surface area contributed by atoms with E-state index < -0.39 is 0 Å². The van der Waals surface area contributed by atoms with E-state index in [2.05, 4.69) is 20.8 Å². The third-order valence-electron chi connectivity index (χ3n) is 3.14. The van der Waals surface area contributed by atoms with Crippen molar-refractivity contribution < 1.29 is 4.79 Å². The van der Waals surface area contributed by atoms with Crippen molar-refractivity contribution in [3.8, 4) is 0 Å². The zero-order valence-corrected chi connectivity index (χ0v) is 13.0. The van der Waals surface area contributed by atoms with Gasteiger partial charge in [-0.3, -0.25) is 4.79 Å². The number of hydrogen-bond donors (Lipinski definition) is 1. The molecule has 0 radical (unpaired) electrons. The highest BCUT2D eigenvalue weighted by atomic mass is 35.5. The Labute approximate surface area is 120 Å². The zero-order valence-electron chi connectivity index (χ0n) is 12.2. The third-order valence-corrected chi connectivity index (χ3v) is 3.35. The summed E-state index contributed by atoms with van der Waals surface area (Å²) in [7, 11) is 1.83. The first-order valence-electron chi connectivity index (χ1n) is 6.62. The van der Waals surface area contributed by atoms with E-state index in [0.717, 1.165) is 13.0 Å². The normalized spacial score (nSPS) is 11.7. The average molecular weight is 286 g/mol. The maximum atomic E-state index is 12.6. The molecule has 0 aliphatic carbocycles. The van der Waals surface area contributed by atoms with Crippen LogP contribution in [0.2, 0.25) is 5.02 Å². The van der Waals surface area contributed by atoms with Gasteiger partial charge in [-0.05, 0) is 24.4 Å². The highest BCUT2D eigenvalue weighted by molar-refractivity contribution is 6.31. The van der Waals surface area contributed by atoms with Gasteiger partial charge in [-0.15, -0.1) is 0 Å². The van der Waals surface area contributed by atoms with Gasteiger partial charge in [-0.25, -0.2) is 0 Å². The summed E-state index contributed by atoms with van der Waals surface area (Å²) < 4.78 is 1.77. The van der Waals surface area contributed by atoms with Gasteiger partial charge in [-0.2, -0.15) is 0 Å². The molecule has 0 spiro atoms. The lowest BCUT2D eigenvalue weighted by molar-refractivity contribution is 0.0680. The molecule has 0 aromatic carbocycles. The lowest BCUT2D eigenvalue weighted by Crippen LogP contribution is -2.42. The first-order valence-corrected chi connectivity index (χ1v) is 6.99. The second-order valence-electron chi connectivity index (χ2n) is 5.75. The molecule has 0 fully saturated rings. The number of aryl methyl sites for hydroxylation is 1. The monoisotopic (exact) mass is 285 g/mol. The second-order valence-corrected chi connectivity index (χ2v) is 6.19. The molecule has 5 heteroatoms. The van der Waals surface area contributed by atoms with Crippen LogP contribution < -0.4 is 5.73 Å². The van der Waals surface area contributed by atoms with Gasteiger partial charge in [0.15, 0.2) is 0 Å². The maximum Gasteiger partial charge on any atom is 0.270 e. The SMILES string of the molecule is CCCN(CC(C)(C)CN)C(=O)c1cc(Cl)cn1C. The molecular formula is C14H24ClN3O. The van der Waals surface area contributed by atoms with Crippen LogP contribution in [0.3, 0.4) is 0 Å². The molecule has 0 saturated heterocycles. The van der Waals surface area contributed by atoms with Crippen molar-refractivity contribution in [2.45, 2.75) is 27.2 Å². The van der Waals surface area contributed by atoms with E-state index in [9.17, 15) is 4.79 Å². The molecule has 0 unspecified atom stereocenters. The van der Waals surface area contributed by atoms with E-state index in [1.165, 1.54) is 0 Å². The molecule has 2 N–H and O–H groups in total. The number of aromatic nitrogens is 1. The second kappa shape index (κ2) is 6.44. The molecule has 108 valence electrons. The lowest BCUT2D eigenvalue weighted by atomic mass is 9.93. The van der Waals surface area contributed by atoms with Crippen LogP contribution in [0.1, 0.15) is 37.7 Å². The van der Waals surface area contributed by atoms with Crippen LogP contribution >= 0.6 is 11.6 Å². The van der Waals surface area contributed by atoms with Crippen molar-refractivity contribution >= 4 is 17.5 Å². The molecule has 1 aromatic heterocycles. The van der Waals surface area contributed by atoms with E-state index in [-0.39, 0.29) is 11.3 Å². The van der Waals surface area contributed by atoms with E-state index in [0.29, 0.717) is 23.8 Å². The standard InChI is InChI=1S/C14H24ClN3O/c1-5-6-18(10-14(2,3)9-16)13(19)12-7-11(15)8-17(12)4/h7-8H,5-6,9-10,16H2,1-4H3. The molecule has 4 nitrogen and oxygen atoms in total.